The predicted octanol–water partition coefficient (Wildman–Crippen LogP) is 4.10. The number of aromatic nitrogens is 2. The Morgan fingerprint density at radius 3 is 2.44 bits per heavy atom. The molecule has 0 fully saturated rings. The molecule has 0 aliphatic heterocycles. The molecule has 2 heterocycles. The Hall–Kier alpha value is -3.93. The van der Waals surface area contributed by atoms with E-state index in [0.29, 0.717) is 17.1 Å². The second kappa shape index (κ2) is 7.53. The van der Waals surface area contributed by atoms with Crippen LogP contribution in [-0.4, -0.2) is 22.3 Å². The number of rotatable bonds is 5. The highest BCUT2D eigenvalue weighted by Crippen LogP contribution is 2.24. The van der Waals surface area contributed by atoms with Crippen LogP contribution in [0.4, 0.5) is 0 Å². The molecule has 4 rings (SSSR count). The van der Waals surface area contributed by atoms with Crippen LogP contribution in [0.25, 0.3) is 22.4 Å². The number of carbonyl (C=O) groups is 1. The van der Waals surface area contributed by atoms with Gasteiger partial charge in [-0.2, -0.15) is 10.2 Å². The monoisotopic (exact) mass is 356 g/mol. The minimum atomic E-state index is -0.377. The van der Waals surface area contributed by atoms with Gasteiger partial charge in [-0.3, -0.25) is 9.89 Å². The van der Waals surface area contributed by atoms with Crippen LogP contribution in [0.2, 0.25) is 0 Å². The molecule has 0 aliphatic carbocycles. The number of hydrogen-bond donors (Lipinski definition) is 2. The van der Waals surface area contributed by atoms with Crippen molar-refractivity contribution in [3.63, 3.8) is 0 Å². The quantitative estimate of drug-likeness (QED) is 0.417. The lowest BCUT2D eigenvalue weighted by atomic mass is 10.0. The van der Waals surface area contributed by atoms with Gasteiger partial charge in [0.1, 0.15) is 11.5 Å². The molecule has 6 nitrogen and oxygen atoms in total. The zero-order valence-electron chi connectivity index (χ0n) is 14.3. The van der Waals surface area contributed by atoms with Gasteiger partial charge in [-0.15, -0.1) is 0 Å². The van der Waals surface area contributed by atoms with Gasteiger partial charge in [0, 0.05) is 5.56 Å². The van der Waals surface area contributed by atoms with Gasteiger partial charge in [0.05, 0.1) is 18.2 Å². The van der Waals surface area contributed by atoms with Crippen LogP contribution in [-0.2, 0) is 0 Å². The number of hydrogen-bond acceptors (Lipinski definition) is 4. The number of hydrazone groups is 1. The Morgan fingerprint density at radius 1 is 0.963 bits per heavy atom. The van der Waals surface area contributed by atoms with E-state index in [-0.39, 0.29) is 5.91 Å². The van der Waals surface area contributed by atoms with Crippen molar-refractivity contribution >= 4 is 12.1 Å². The molecular weight excluding hydrogens is 340 g/mol. The second-order valence-corrected chi connectivity index (χ2v) is 5.82. The number of benzene rings is 2. The van der Waals surface area contributed by atoms with Crippen molar-refractivity contribution < 1.29 is 9.21 Å². The van der Waals surface area contributed by atoms with Crippen LogP contribution < -0.4 is 5.43 Å². The van der Waals surface area contributed by atoms with E-state index in [9.17, 15) is 4.79 Å². The maximum Gasteiger partial charge on any atom is 0.289 e. The van der Waals surface area contributed by atoms with E-state index in [0.717, 1.165) is 16.7 Å². The van der Waals surface area contributed by atoms with Crippen molar-refractivity contribution in [3.8, 4) is 22.4 Å². The van der Waals surface area contributed by atoms with Gasteiger partial charge in [0.25, 0.3) is 5.91 Å². The standard InChI is InChI=1S/C21H16N4O2/c26-21(25-22-14-18-7-4-12-27-18)20-13-19(23-24-20)17-10-8-16(9-11-17)15-5-2-1-3-6-15/h1-14H,(H,23,24)(H,25,26). The van der Waals surface area contributed by atoms with Crippen molar-refractivity contribution in [2.75, 3.05) is 0 Å². The molecule has 0 saturated heterocycles. The highest BCUT2D eigenvalue weighted by molar-refractivity contribution is 5.94. The first-order chi connectivity index (χ1) is 13.3. The number of aromatic amines is 1. The summed E-state index contributed by atoms with van der Waals surface area (Å²) in [5.41, 5.74) is 6.65. The minimum Gasteiger partial charge on any atom is -0.463 e. The molecule has 0 atom stereocenters. The maximum atomic E-state index is 12.1. The molecule has 6 heteroatoms. The SMILES string of the molecule is O=C(NN=Cc1ccco1)c1cc(-c2ccc(-c3ccccc3)cc2)n[nH]1. The van der Waals surface area contributed by atoms with Gasteiger partial charge in [-0.25, -0.2) is 5.43 Å². The fraction of sp³-hybridized carbons (Fsp3) is 0. The zero-order chi connectivity index (χ0) is 18.5. The third-order valence-corrected chi connectivity index (χ3v) is 4.01. The molecule has 4 aromatic rings. The summed E-state index contributed by atoms with van der Waals surface area (Å²) in [5.74, 6) is 0.177. The summed E-state index contributed by atoms with van der Waals surface area (Å²) < 4.78 is 5.10. The van der Waals surface area contributed by atoms with Gasteiger partial charge in [-0.1, -0.05) is 54.6 Å². The van der Waals surface area contributed by atoms with Crippen molar-refractivity contribution in [1.82, 2.24) is 15.6 Å². The smallest absolute Gasteiger partial charge is 0.289 e. The number of furan rings is 1. The van der Waals surface area contributed by atoms with Crippen molar-refractivity contribution in [2.45, 2.75) is 0 Å². The summed E-state index contributed by atoms with van der Waals surface area (Å²) in [6.45, 7) is 0. The van der Waals surface area contributed by atoms with E-state index in [4.69, 9.17) is 4.42 Å². The van der Waals surface area contributed by atoms with Gasteiger partial charge < -0.3 is 4.42 Å². The number of carbonyl (C=O) groups excluding carboxylic acids is 1. The van der Waals surface area contributed by atoms with E-state index < -0.39 is 0 Å². The molecule has 2 aromatic heterocycles. The molecule has 0 spiro atoms. The first-order valence-electron chi connectivity index (χ1n) is 8.38. The first kappa shape index (κ1) is 16.5. The van der Waals surface area contributed by atoms with Crippen LogP contribution in [0.1, 0.15) is 16.2 Å². The molecule has 2 N–H and O–H groups in total. The largest absolute Gasteiger partial charge is 0.463 e. The maximum absolute atomic E-state index is 12.1. The average molecular weight is 356 g/mol. The van der Waals surface area contributed by atoms with Gasteiger partial charge in [-0.05, 0) is 29.3 Å². The molecule has 0 radical (unpaired) electrons. The van der Waals surface area contributed by atoms with Crippen LogP contribution >= 0.6 is 0 Å². The molecule has 2 aromatic carbocycles. The first-order valence-corrected chi connectivity index (χ1v) is 8.38. The second-order valence-electron chi connectivity index (χ2n) is 5.82. The van der Waals surface area contributed by atoms with E-state index >= 15 is 0 Å². The van der Waals surface area contributed by atoms with Gasteiger partial charge in [0.2, 0.25) is 0 Å². The van der Waals surface area contributed by atoms with Crippen molar-refractivity contribution in [1.29, 1.82) is 0 Å². The van der Waals surface area contributed by atoms with E-state index in [1.54, 1.807) is 18.2 Å². The average Bonchev–Trinajstić information content (AvgIpc) is 3.41. The van der Waals surface area contributed by atoms with Crippen LogP contribution in [0, 0.1) is 0 Å². The van der Waals surface area contributed by atoms with Crippen LogP contribution in [0.5, 0.6) is 0 Å². The van der Waals surface area contributed by atoms with Crippen LogP contribution in [0.3, 0.4) is 0 Å². The molecule has 132 valence electrons. The summed E-state index contributed by atoms with van der Waals surface area (Å²) >= 11 is 0. The minimum absolute atomic E-state index is 0.328. The topological polar surface area (TPSA) is 83.3 Å². The van der Waals surface area contributed by atoms with E-state index in [2.05, 4.69) is 32.9 Å². The third-order valence-electron chi connectivity index (χ3n) is 4.01. The fourth-order valence-electron chi connectivity index (χ4n) is 2.63. The number of nitrogens with one attached hydrogen (secondary N) is 2. The number of H-pyrrole nitrogens is 1. The predicted molar refractivity (Wildman–Crippen MR) is 103 cm³/mol. The van der Waals surface area contributed by atoms with Gasteiger partial charge >= 0.3 is 0 Å². The molecule has 1 amide bonds. The van der Waals surface area contributed by atoms with Crippen molar-refractivity contribution in [3.05, 3.63) is 90.5 Å². The lowest BCUT2D eigenvalue weighted by molar-refractivity contribution is 0.0950. The normalized spacial score (nSPS) is 11.0. The Kier molecular flexibility index (Phi) is 4.61. The molecule has 0 bridgehead atoms. The van der Waals surface area contributed by atoms with Crippen LogP contribution in [0.15, 0.2) is 88.6 Å². The highest BCUT2D eigenvalue weighted by Gasteiger charge is 2.10. The molecule has 0 aliphatic rings. The lowest BCUT2D eigenvalue weighted by Gasteiger charge is -2.02. The summed E-state index contributed by atoms with van der Waals surface area (Å²) in [7, 11) is 0. The summed E-state index contributed by atoms with van der Waals surface area (Å²) in [6.07, 6.45) is 2.96. The van der Waals surface area contributed by atoms with E-state index in [1.807, 2.05) is 42.5 Å². The fourth-order valence-corrected chi connectivity index (χ4v) is 2.63. The lowest BCUT2D eigenvalue weighted by Crippen LogP contribution is -2.17. The molecule has 0 unspecified atom stereocenters. The molecule has 0 saturated carbocycles. The van der Waals surface area contributed by atoms with Crippen molar-refractivity contribution in [2.24, 2.45) is 5.10 Å². The van der Waals surface area contributed by atoms with Gasteiger partial charge in [0.15, 0.2) is 0 Å². The Morgan fingerprint density at radius 2 is 1.70 bits per heavy atom. The van der Waals surface area contributed by atoms with E-state index in [1.165, 1.54) is 12.5 Å². The Bertz CT molecular complexity index is 1050. The third kappa shape index (κ3) is 3.85. The number of nitrogens with zero attached hydrogens (tertiary/aromatic N) is 2. The zero-order valence-corrected chi connectivity index (χ0v) is 14.3. The Labute approximate surface area is 155 Å². The summed E-state index contributed by atoms with van der Waals surface area (Å²) in [4.78, 5) is 12.1. The molecule has 27 heavy (non-hydrogen) atoms. The summed E-state index contributed by atoms with van der Waals surface area (Å²) in [5, 5.41) is 10.8. The highest BCUT2D eigenvalue weighted by atomic mass is 16.3. The Balaban J connectivity index is 1.45. The summed E-state index contributed by atoms with van der Waals surface area (Å²) in [6, 6.07) is 23.3. The number of amides is 1. The molecular formula is C21H16N4O2.